The molecule has 92 valence electrons. The van der Waals surface area contributed by atoms with Gasteiger partial charge in [0.15, 0.2) is 0 Å². The van der Waals surface area contributed by atoms with E-state index in [1.165, 1.54) is 18.3 Å². The maximum atomic E-state index is 13.1. The third-order valence-corrected chi connectivity index (χ3v) is 2.43. The van der Waals surface area contributed by atoms with Crippen molar-refractivity contribution in [1.82, 2.24) is 9.97 Å². The van der Waals surface area contributed by atoms with Crippen molar-refractivity contribution in [2.24, 2.45) is 5.73 Å². The number of thiocarbonyl (C=S) groups is 1. The van der Waals surface area contributed by atoms with Crippen LogP contribution in [0.2, 0.25) is 0 Å². The van der Waals surface area contributed by atoms with Crippen LogP contribution in [0.3, 0.4) is 0 Å². The molecule has 0 aliphatic heterocycles. The van der Waals surface area contributed by atoms with Crippen LogP contribution in [0.4, 0.5) is 4.39 Å². The molecule has 0 unspecified atom stereocenters. The lowest BCUT2D eigenvalue weighted by Crippen LogP contribution is -2.12. The Morgan fingerprint density at radius 1 is 1.39 bits per heavy atom. The highest BCUT2D eigenvalue weighted by molar-refractivity contribution is 7.80. The highest BCUT2D eigenvalue weighted by Gasteiger charge is 2.05. The molecule has 0 amide bonds. The smallest absolute Gasteiger partial charge is 0.322 e. The van der Waals surface area contributed by atoms with Gasteiger partial charge in [0.1, 0.15) is 22.2 Å². The van der Waals surface area contributed by atoms with Gasteiger partial charge in [-0.15, -0.1) is 0 Å². The highest BCUT2D eigenvalue weighted by atomic mass is 32.1. The Hall–Kier alpha value is -2.08. The van der Waals surface area contributed by atoms with Gasteiger partial charge in [0, 0.05) is 6.20 Å². The summed E-state index contributed by atoms with van der Waals surface area (Å²) in [5.74, 6) is 0.161. The normalized spacial score (nSPS) is 10.1. The van der Waals surface area contributed by atoms with Crippen LogP contribution in [-0.2, 0) is 0 Å². The van der Waals surface area contributed by atoms with Crippen molar-refractivity contribution in [3.05, 3.63) is 47.5 Å². The lowest BCUT2D eigenvalue weighted by molar-refractivity contribution is 0.439. The predicted octanol–water partition coefficient (Wildman–Crippen LogP) is 2.35. The summed E-state index contributed by atoms with van der Waals surface area (Å²) < 4.78 is 18.5. The van der Waals surface area contributed by atoms with Crippen LogP contribution in [0, 0.1) is 12.7 Å². The zero-order chi connectivity index (χ0) is 13.1. The summed E-state index contributed by atoms with van der Waals surface area (Å²) in [4.78, 5) is 8.12. The number of benzene rings is 1. The van der Waals surface area contributed by atoms with Gasteiger partial charge in [0.2, 0.25) is 0 Å². The third-order valence-electron chi connectivity index (χ3n) is 2.22. The van der Waals surface area contributed by atoms with Gasteiger partial charge in [-0.05, 0) is 36.8 Å². The van der Waals surface area contributed by atoms with E-state index < -0.39 is 0 Å². The standard InChI is InChI=1S/C12H10FN3OS/c1-7-6-8(2-3-9(7)13)17-12-15-5-4-10(16-12)11(14)18/h2-6H,1H3,(H2,14,18). The van der Waals surface area contributed by atoms with Gasteiger partial charge in [-0.3, -0.25) is 0 Å². The lowest BCUT2D eigenvalue weighted by Gasteiger charge is -2.05. The maximum Gasteiger partial charge on any atom is 0.322 e. The van der Waals surface area contributed by atoms with Crippen LogP contribution in [0.25, 0.3) is 0 Å². The van der Waals surface area contributed by atoms with E-state index in [4.69, 9.17) is 22.7 Å². The molecule has 0 radical (unpaired) electrons. The molecule has 6 heteroatoms. The number of halogens is 1. The number of aromatic nitrogens is 2. The summed E-state index contributed by atoms with van der Waals surface area (Å²) in [6.07, 6.45) is 1.49. The van der Waals surface area contributed by atoms with Crippen molar-refractivity contribution in [3.8, 4) is 11.8 Å². The molecule has 1 aromatic carbocycles. The third kappa shape index (κ3) is 2.78. The van der Waals surface area contributed by atoms with Crippen molar-refractivity contribution < 1.29 is 9.13 Å². The van der Waals surface area contributed by atoms with E-state index in [2.05, 4.69) is 9.97 Å². The molecule has 2 rings (SSSR count). The van der Waals surface area contributed by atoms with Gasteiger partial charge in [-0.1, -0.05) is 12.2 Å². The molecule has 0 atom stereocenters. The number of nitrogens with two attached hydrogens (primary N) is 1. The second-order valence-electron chi connectivity index (χ2n) is 3.60. The van der Waals surface area contributed by atoms with Crippen molar-refractivity contribution in [3.63, 3.8) is 0 Å². The van der Waals surface area contributed by atoms with Crippen molar-refractivity contribution >= 4 is 17.2 Å². The first-order chi connectivity index (χ1) is 8.56. The SMILES string of the molecule is Cc1cc(Oc2nccc(C(N)=S)n2)ccc1F. The van der Waals surface area contributed by atoms with Gasteiger partial charge in [0.05, 0.1) is 0 Å². The van der Waals surface area contributed by atoms with E-state index in [1.54, 1.807) is 19.1 Å². The summed E-state index contributed by atoms with van der Waals surface area (Å²) in [5, 5.41) is 0. The van der Waals surface area contributed by atoms with E-state index in [9.17, 15) is 4.39 Å². The molecule has 0 bridgehead atoms. The fourth-order valence-corrected chi connectivity index (χ4v) is 1.43. The quantitative estimate of drug-likeness (QED) is 0.861. The fourth-order valence-electron chi connectivity index (χ4n) is 1.31. The van der Waals surface area contributed by atoms with Crippen LogP contribution < -0.4 is 10.5 Å². The molecule has 0 aliphatic rings. The van der Waals surface area contributed by atoms with Gasteiger partial charge in [0.25, 0.3) is 0 Å². The first-order valence-electron chi connectivity index (χ1n) is 5.13. The predicted molar refractivity (Wildman–Crippen MR) is 69.1 cm³/mol. The Morgan fingerprint density at radius 3 is 2.83 bits per heavy atom. The summed E-state index contributed by atoms with van der Waals surface area (Å²) >= 11 is 4.81. The number of nitrogens with zero attached hydrogens (tertiary/aromatic N) is 2. The van der Waals surface area contributed by atoms with Crippen molar-refractivity contribution in [2.45, 2.75) is 6.92 Å². The van der Waals surface area contributed by atoms with E-state index in [-0.39, 0.29) is 16.8 Å². The second kappa shape index (κ2) is 5.05. The van der Waals surface area contributed by atoms with E-state index >= 15 is 0 Å². The maximum absolute atomic E-state index is 13.1. The molecule has 0 spiro atoms. The first-order valence-corrected chi connectivity index (χ1v) is 5.54. The highest BCUT2D eigenvalue weighted by Crippen LogP contribution is 2.20. The molecule has 2 aromatic rings. The van der Waals surface area contributed by atoms with Crippen LogP contribution in [-0.4, -0.2) is 15.0 Å². The van der Waals surface area contributed by atoms with Crippen LogP contribution in [0.1, 0.15) is 11.3 Å². The Morgan fingerprint density at radius 2 is 2.17 bits per heavy atom. The minimum atomic E-state index is -0.292. The van der Waals surface area contributed by atoms with Gasteiger partial charge >= 0.3 is 6.01 Å². The summed E-state index contributed by atoms with van der Waals surface area (Å²) in [6.45, 7) is 1.65. The second-order valence-corrected chi connectivity index (χ2v) is 4.04. The summed E-state index contributed by atoms with van der Waals surface area (Å²) in [5.41, 5.74) is 6.37. The topological polar surface area (TPSA) is 61.0 Å². The molecule has 1 aromatic heterocycles. The van der Waals surface area contributed by atoms with Gasteiger partial charge in [-0.25, -0.2) is 9.37 Å². The minimum absolute atomic E-state index is 0.117. The van der Waals surface area contributed by atoms with E-state index in [0.29, 0.717) is 17.0 Å². The molecule has 0 fully saturated rings. The monoisotopic (exact) mass is 263 g/mol. The Kier molecular flexibility index (Phi) is 3.47. The van der Waals surface area contributed by atoms with Crippen LogP contribution in [0.15, 0.2) is 30.5 Å². The number of hydrogen-bond acceptors (Lipinski definition) is 4. The number of ether oxygens (including phenoxy) is 1. The van der Waals surface area contributed by atoms with Crippen molar-refractivity contribution in [1.29, 1.82) is 0 Å². The largest absolute Gasteiger partial charge is 0.424 e. The average molecular weight is 263 g/mol. The number of rotatable bonds is 3. The van der Waals surface area contributed by atoms with Crippen LogP contribution >= 0.6 is 12.2 Å². The lowest BCUT2D eigenvalue weighted by atomic mass is 10.2. The zero-order valence-electron chi connectivity index (χ0n) is 9.55. The molecule has 0 aliphatic carbocycles. The molecule has 1 heterocycles. The fraction of sp³-hybridized carbons (Fsp3) is 0.0833. The molecule has 0 saturated carbocycles. The average Bonchev–Trinajstić information content (AvgIpc) is 2.34. The minimum Gasteiger partial charge on any atom is -0.424 e. The zero-order valence-corrected chi connectivity index (χ0v) is 10.4. The molecule has 4 nitrogen and oxygen atoms in total. The Labute approximate surface area is 109 Å². The molecule has 2 N–H and O–H groups in total. The Bertz CT molecular complexity index is 604. The summed E-state index contributed by atoms with van der Waals surface area (Å²) in [6, 6.07) is 6.09. The van der Waals surface area contributed by atoms with Gasteiger partial charge in [-0.2, -0.15) is 4.98 Å². The van der Waals surface area contributed by atoms with E-state index in [0.717, 1.165) is 0 Å². The van der Waals surface area contributed by atoms with Crippen LogP contribution in [0.5, 0.6) is 11.8 Å². The van der Waals surface area contributed by atoms with Crippen molar-refractivity contribution in [2.75, 3.05) is 0 Å². The summed E-state index contributed by atoms with van der Waals surface area (Å²) in [7, 11) is 0. The molecule has 0 saturated heterocycles. The number of hydrogen-bond donors (Lipinski definition) is 1. The van der Waals surface area contributed by atoms with E-state index in [1.807, 2.05) is 0 Å². The Balaban J connectivity index is 2.25. The van der Waals surface area contributed by atoms with Gasteiger partial charge < -0.3 is 10.5 Å². The molecule has 18 heavy (non-hydrogen) atoms. The number of aryl methyl sites for hydroxylation is 1. The molecular weight excluding hydrogens is 253 g/mol. The first kappa shape index (κ1) is 12.4. The molecular formula is C12H10FN3OS.